The van der Waals surface area contributed by atoms with Gasteiger partial charge in [0.2, 0.25) is 0 Å². The summed E-state index contributed by atoms with van der Waals surface area (Å²) in [5.41, 5.74) is 1.57. The number of nitrogens with zero attached hydrogens (tertiary/aromatic N) is 3. The van der Waals surface area contributed by atoms with E-state index in [0.29, 0.717) is 5.56 Å². The van der Waals surface area contributed by atoms with E-state index in [9.17, 15) is 4.39 Å². The van der Waals surface area contributed by atoms with E-state index in [0.717, 1.165) is 50.0 Å². The molecule has 0 amide bonds. The van der Waals surface area contributed by atoms with Crippen LogP contribution in [0.4, 0.5) is 4.39 Å². The maximum absolute atomic E-state index is 13.8. The average molecular weight is 321 g/mol. The molecule has 1 saturated heterocycles. The zero-order valence-electron chi connectivity index (χ0n) is 12.4. The Morgan fingerprint density at radius 3 is 2.59 bits per heavy atom. The standard InChI is InChI=1S/C16H20FN3OS/c17-15-4-2-1-3-14(15)16-18-13(12-22-16)11-20-7-5-19(6-8-20)9-10-21/h1-4,12,21H,5-11H2. The SMILES string of the molecule is OCCN1CCN(Cc2csc(-c3ccccc3F)n2)CC1. The summed E-state index contributed by atoms with van der Waals surface area (Å²) in [7, 11) is 0. The Balaban J connectivity index is 1.60. The number of β-amino-alcohol motifs (C(OH)–C–C–N with tert-alkyl or cyclic N) is 1. The molecule has 1 aromatic heterocycles. The fourth-order valence-corrected chi connectivity index (χ4v) is 3.52. The Labute approximate surface area is 133 Å². The van der Waals surface area contributed by atoms with Crippen LogP contribution in [-0.4, -0.2) is 59.2 Å². The van der Waals surface area contributed by atoms with Gasteiger partial charge in [-0.3, -0.25) is 9.80 Å². The minimum absolute atomic E-state index is 0.220. The maximum Gasteiger partial charge on any atom is 0.133 e. The number of thiazole rings is 1. The Morgan fingerprint density at radius 2 is 1.86 bits per heavy atom. The third-order valence-electron chi connectivity index (χ3n) is 3.92. The monoisotopic (exact) mass is 321 g/mol. The highest BCUT2D eigenvalue weighted by molar-refractivity contribution is 7.13. The first kappa shape index (κ1) is 15.6. The molecule has 1 aliphatic rings. The second-order valence-corrected chi connectivity index (χ2v) is 6.32. The summed E-state index contributed by atoms with van der Waals surface area (Å²) >= 11 is 1.49. The molecule has 2 heterocycles. The molecule has 0 spiro atoms. The average Bonchev–Trinajstić information content (AvgIpc) is 2.98. The highest BCUT2D eigenvalue weighted by Gasteiger charge is 2.17. The normalized spacial score (nSPS) is 17.0. The van der Waals surface area contributed by atoms with E-state index in [1.54, 1.807) is 12.1 Å². The van der Waals surface area contributed by atoms with E-state index in [2.05, 4.69) is 14.8 Å². The quantitative estimate of drug-likeness (QED) is 0.915. The second kappa shape index (κ2) is 7.28. The van der Waals surface area contributed by atoms with E-state index in [-0.39, 0.29) is 12.4 Å². The third-order valence-corrected chi connectivity index (χ3v) is 4.85. The molecule has 0 unspecified atom stereocenters. The number of hydrogen-bond acceptors (Lipinski definition) is 5. The Bertz CT molecular complexity index is 611. The summed E-state index contributed by atoms with van der Waals surface area (Å²) < 4.78 is 13.8. The van der Waals surface area contributed by atoms with E-state index in [1.165, 1.54) is 17.4 Å². The van der Waals surface area contributed by atoms with Gasteiger partial charge in [0.1, 0.15) is 10.8 Å². The predicted molar refractivity (Wildman–Crippen MR) is 86.3 cm³/mol. The van der Waals surface area contributed by atoms with E-state index in [4.69, 9.17) is 5.11 Å². The lowest BCUT2D eigenvalue weighted by atomic mass is 10.2. The largest absolute Gasteiger partial charge is 0.395 e. The number of benzene rings is 1. The molecule has 6 heteroatoms. The highest BCUT2D eigenvalue weighted by atomic mass is 32.1. The van der Waals surface area contributed by atoms with E-state index >= 15 is 0 Å². The molecule has 3 rings (SSSR count). The van der Waals surface area contributed by atoms with E-state index in [1.807, 2.05) is 11.4 Å². The lowest BCUT2D eigenvalue weighted by molar-refractivity contribution is 0.108. The number of rotatable bonds is 5. The molecule has 1 fully saturated rings. The molecule has 0 aliphatic carbocycles. The molecule has 1 aliphatic heterocycles. The predicted octanol–water partition coefficient (Wildman–Crippen LogP) is 2.06. The third kappa shape index (κ3) is 3.70. The molecule has 0 bridgehead atoms. The van der Waals surface area contributed by atoms with Crippen LogP contribution in [0, 0.1) is 5.82 Å². The van der Waals surface area contributed by atoms with Crippen molar-refractivity contribution in [2.45, 2.75) is 6.54 Å². The summed E-state index contributed by atoms with van der Waals surface area (Å²) in [6, 6.07) is 6.77. The van der Waals surface area contributed by atoms with Gasteiger partial charge in [-0.15, -0.1) is 11.3 Å². The molecule has 0 atom stereocenters. The highest BCUT2D eigenvalue weighted by Crippen LogP contribution is 2.26. The van der Waals surface area contributed by atoms with Crippen LogP contribution in [0.2, 0.25) is 0 Å². The van der Waals surface area contributed by atoms with Gasteiger partial charge in [0.15, 0.2) is 0 Å². The summed E-state index contributed by atoms with van der Waals surface area (Å²) in [6.07, 6.45) is 0. The van der Waals surface area contributed by atoms with Gasteiger partial charge in [-0.1, -0.05) is 12.1 Å². The molecular weight excluding hydrogens is 301 g/mol. The van der Waals surface area contributed by atoms with E-state index < -0.39 is 0 Å². The number of piperazine rings is 1. The minimum Gasteiger partial charge on any atom is -0.395 e. The van der Waals surface area contributed by atoms with Crippen molar-refractivity contribution in [3.05, 3.63) is 41.2 Å². The van der Waals surface area contributed by atoms with Crippen LogP contribution in [0.5, 0.6) is 0 Å². The molecular formula is C16H20FN3OS. The summed E-state index contributed by atoms with van der Waals surface area (Å²) in [6.45, 7) is 5.69. The van der Waals surface area contributed by atoms with Crippen molar-refractivity contribution in [2.24, 2.45) is 0 Å². The summed E-state index contributed by atoms with van der Waals surface area (Å²) in [5.74, 6) is -0.221. The molecule has 1 aromatic carbocycles. The summed E-state index contributed by atoms with van der Waals surface area (Å²) in [5, 5.41) is 11.7. The fraction of sp³-hybridized carbons (Fsp3) is 0.438. The van der Waals surface area contributed by atoms with Crippen molar-refractivity contribution in [2.75, 3.05) is 39.3 Å². The van der Waals surface area contributed by atoms with Crippen molar-refractivity contribution in [3.8, 4) is 10.6 Å². The van der Waals surface area contributed by atoms with Crippen LogP contribution in [0.25, 0.3) is 10.6 Å². The first-order chi connectivity index (χ1) is 10.8. The number of aromatic nitrogens is 1. The van der Waals surface area contributed by atoms with Gasteiger partial charge < -0.3 is 5.11 Å². The van der Waals surface area contributed by atoms with Crippen LogP contribution in [0.15, 0.2) is 29.6 Å². The van der Waals surface area contributed by atoms with Gasteiger partial charge in [-0.25, -0.2) is 9.37 Å². The minimum atomic E-state index is -0.221. The fourth-order valence-electron chi connectivity index (χ4n) is 2.68. The van der Waals surface area contributed by atoms with Crippen LogP contribution >= 0.6 is 11.3 Å². The van der Waals surface area contributed by atoms with Crippen LogP contribution in [0.3, 0.4) is 0 Å². The number of hydrogen-bond donors (Lipinski definition) is 1. The topological polar surface area (TPSA) is 39.6 Å². The van der Waals surface area contributed by atoms with Crippen molar-refractivity contribution < 1.29 is 9.50 Å². The van der Waals surface area contributed by atoms with Gasteiger partial charge in [0.05, 0.1) is 12.3 Å². The number of halogens is 1. The number of aliphatic hydroxyl groups excluding tert-OH is 1. The lowest BCUT2D eigenvalue weighted by Gasteiger charge is -2.33. The number of aliphatic hydroxyl groups is 1. The first-order valence-corrected chi connectivity index (χ1v) is 8.39. The first-order valence-electron chi connectivity index (χ1n) is 7.51. The molecule has 118 valence electrons. The lowest BCUT2D eigenvalue weighted by Crippen LogP contribution is -2.46. The van der Waals surface area contributed by atoms with Gasteiger partial charge in [-0.05, 0) is 12.1 Å². The Kier molecular flexibility index (Phi) is 5.15. The second-order valence-electron chi connectivity index (χ2n) is 5.47. The van der Waals surface area contributed by atoms with Gasteiger partial charge in [-0.2, -0.15) is 0 Å². The van der Waals surface area contributed by atoms with Gasteiger partial charge >= 0.3 is 0 Å². The molecule has 1 N–H and O–H groups in total. The Morgan fingerprint density at radius 1 is 1.14 bits per heavy atom. The van der Waals surface area contributed by atoms with Gasteiger partial charge in [0, 0.05) is 50.2 Å². The van der Waals surface area contributed by atoms with Crippen LogP contribution in [0.1, 0.15) is 5.69 Å². The van der Waals surface area contributed by atoms with Crippen LogP contribution in [-0.2, 0) is 6.54 Å². The molecule has 0 saturated carbocycles. The molecule has 2 aromatic rings. The zero-order valence-corrected chi connectivity index (χ0v) is 13.2. The smallest absolute Gasteiger partial charge is 0.133 e. The van der Waals surface area contributed by atoms with Crippen molar-refractivity contribution in [1.29, 1.82) is 0 Å². The molecule has 0 radical (unpaired) electrons. The Hall–Kier alpha value is -1.34. The van der Waals surface area contributed by atoms with Crippen molar-refractivity contribution >= 4 is 11.3 Å². The zero-order chi connectivity index (χ0) is 15.4. The maximum atomic E-state index is 13.8. The van der Waals surface area contributed by atoms with Crippen LogP contribution < -0.4 is 0 Å². The molecule has 22 heavy (non-hydrogen) atoms. The molecule has 4 nitrogen and oxygen atoms in total. The van der Waals surface area contributed by atoms with Crippen molar-refractivity contribution in [3.63, 3.8) is 0 Å². The van der Waals surface area contributed by atoms with Gasteiger partial charge in [0.25, 0.3) is 0 Å². The summed E-state index contributed by atoms with van der Waals surface area (Å²) in [4.78, 5) is 9.20. The van der Waals surface area contributed by atoms with Crippen molar-refractivity contribution in [1.82, 2.24) is 14.8 Å².